The normalized spacial score (nSPS) is 12.3. The first-order valence-corrected chi connectivity index (χ1v) is 9.53. The van der Waals surface area contributed by atoms with Crippen molar-refractivity contribution in [2.75, 3.05) is 6.26 Å². The number of rotatable bonds is 5. The zero-order valence-electron chi connectivity index (χ0n) is 14.4. The largest absolute Gasteiger partial charge is 0.456 e. The molecule has 0 saturated carbocycles. The molecule has 0 N–H and O–H groups in total. The summed E-state index contributed by atoms with van der Waals surface area (Å²) in [7, 11) is -0.957. The van der Waals surface area contributed by atoms with Crippen LogP contribution >= 0.6 is 0 Å². The predicted molar refractivity (Wildman–Crippen MR) is 95.8 cm³/mol. The van der Waals surface area contributed by atoms with E-state index in [9.17, 15) is 9.00 Å². The highest BCUT2D eigenvalue weighted by molar-refractivity contribution is 7.83. The summed E-state index contributed by atoms with van der Waals surface area (Å²) in [6.07, 6.45) is 3.45. The summed E-state index contributed by atoms with van der Waals surface area (Å²) >= 11 is 0. The molecule has 0 radical (unpaired) electrons. The van der Waals surface area contributed by atoms with Gasteiger partial charge in [0.15, 0.2) is 0 Å². The Morgan fingerprint density at radius 2 is 2.04 bits per heavy atom. The van der Waals surface area contributed by atoms with Gasteiger partial charge in [-0.2, -0.15) is 0 Å². The van der Waals surface area contributed by atoms with Crippen LogP contribution in [0.3, 0.4) is 0 Å². The van der Waals surface area contributed by atoms with Crippen LogP contribution in [0.5, 0.6) is 0 Å². The Morgan fingerprint density at radius 3 is 2.80 bits per heavy atom. The number of aromatic nitrogens is 3. The molecule has 2 aromatic heterocycles. The predicted octanol–water partition coefficient (Wildman–Crippen LogP) is 2.58. The lowest BCUT2D eigenvalue weighted by molar-refractivity contribution is 0.0468. The summed E-state index contributed by atoms with van der Waals surface area (Å²) in [4.78, 5) is 21.0. The Kier molecular flexibility index (Phi) is 4.94. The Bertz CT molecular complexity index is 965. The summed E-state index contributed by atoms with van der Waals surface area (Å²) in [5.74, 6) is 0.579. The molecule has 0 aliphatic rings. The van der Waals surface area contributed by atoms with Crippen LogP contribution in [0.15, 0.2) is 36.5 Å². The molecule has 0 unspecified atom stereocenters. The number of esters is 1. The zero-order chi connectivity index (χ0) is 18.0. The molecule has 0 fully saturated rings. The van der Waals surface area contributed by atoms with Crippen LogP contribution in [-0.2, 0) is 27.9 Å². The van der Waals surface area contributed by atoms with Gasteiger partial charge in [-0.25, -0.2) is 14.8 Å². The van der Waals surface area contributed by atoms with Gasteiger partial charge in [0.05, 0.1) is 11.3 Å². The molecule has 1 aromatic carbocycles. The number of aryl methyl sites for hydroxylation is 2. The molecule has 3 aromatic rings. The van der Waals surface area contributed by atoms with Gasteiger partial charge in [0.25, 0.3) is 0 Å². The van der Waals surface area contributed by atoms with Crippen molar-refractivity contribution in [2.24, 2.45) is 0 Å². The van der Waals surface area contributed by atoms with Crippen molar-refractivity contribution < 1.29 is 13.7 Å². The Hall–Kier alpha value is -2.54. The lowest BCUT2D eigenvalue weighted by Crippen LogP contribution is -2.06. The second kappa shape index (κ2) is 7.14. The van der Waals surface area contributed by atoms with Crippen LogP contribution in [0.1, 0.15) is 33.0 Å². The Morgan fingerprint density at radius 1 is 1.24 bits per heavy atom. The first-order chi connectivity index (χ1) is 11.9. The molecule has 7 heteroatoms. The number of hydrogen-bond acceptors (Lipinski definition) is 5. The third-order valence-electron chi connectivity index (χ3n) is 3.70. The minimum Gasteiger partial charge on any atom is -0.456 e. The van der Waals surface area contributed by atoms with Crippen molar-refractivity contribution in [1.82, 2.24) is 14.4 Å². The van der Waals surface area contributed by atoms with E-state index in [1.807, 2.05) is 36.6 Å². The van der Waals surface area contributed by atoms with Crippen molar-refractivity contribution in [1.29, 1.82) is 0 Å². The molecule has 0 aliphatic heterocycles. The van der Waals surface area contributed by atoms with Crippen LogP contribution in [0.2, 0.25) is 0 Å². The van der Waals surface area contributed by atoms with E-state index in [2.05, 4.69) is 9.97 Å². The van der Waals surface area contributed by atoms with Gasteiger partial charge >= 0.3 is 5.97 Å². The second-order valence-electron chi connectivity index (χ2n) is 5.94. The summed E-state index contributed by atoms with van der Waals surface area (Å²) in [6, 6.07) is 8.97. The first kappa shape index (κ1) is 17.3. The summed E-state index contributed by atoms with van der Waals surface area (Å²) in [5, 5.41) is 0. The van der Waals surface area contributed by atoms with E-state index < -0.39 is 16.8 Å². The molecule has 6 nitrogen and oxygen atoms in total. The maximum absolute atomic E-state index is 12.2. The van der Waals surface area contributed by atoms with E-state index in [0.29, 0.717) is 22.8 Å². The van der Waals surface area contributed by atoms with Gasteiger partial charge in [0, 0.05) is 40.4 Å². The van der Waals surface area contributed by atoms with E-state index in [1.54, 1.807) is 24.5 Å². The van der Waals surface area contributed by atoms with Gasteiger partial charge in [-0.1, -0.05) is 12.1 Å². The smallest absolute Gasteiger partial charge is 0.338 e. The van der Waals surface area contributed by atoms with Crippen molar-refractivity contribution in [3.05, 3.63) is 64.7 Å². The Labute approximate surface area is 148 Å². The molecule has 0 spiro atoms. The minimum absolute atomic E-state index is 0.0740. The number of imidazole rings is 1. The molecule has 130 valence electrons. The SMILES string of the molecule is Cc1cc(C)n2cc(COC(=O)c3cccc(C[S@@](C)=O)c3)nc2n1. The molecule has 0 bridgehead atoms. The highest BCUT2D eigenvalue weighted by Crippen LogP contribution is 2.12. The van der Waals surface area contributed by atoms with E-state index in [1.165, 1.54) is 0 Å². The van der Waals surface area contributed by atoms with Crippen LogP contribution in [-0.4, -0.2) is 30.8 Å². The number of nitrogens with zero attached hydrogens (tertiary/aromatic N) is 3. The lowest BCUT2D eigenvalue weighted by atomic mass is 10.1. The van der Waals surface area contributed by atoms with E-state index in [-0.39, 0.29) is 6.61 Å². The summed E-state index contributed by atoms with van der Waals surface area (Å²) < 4.78 is 18.5. The quantitative estimate of drug-likeness (QED) is 0.656. The molecule has 25 heavy (non-hydrogen) atoms. The molecule has 0 saturated heterocycles. The number of hydrogen-bond donors (Lipinski definition) is 0. The number of carbonyl (C=O) groups excluding carboxylic acids is 1. The number of benzene rings is 1. The second-order valence-corrected chi connectivity index (χ2v) is 7.37. The average molecular weight is 357 g/mol. The molecular formula is C18H19N3O3S. The molecule has 0 aliphatic carbocycles. The van der Waals surface area contributed by atoms with Gasteiger partial charge in [0.1, 0.15) is 6.61 Å². The molecule has 3 rings (SSSR count). The third-order valence-corrected chi connectivity index (χ3v) is 4.43. The fourth-order valence-corrected chi connectivity index (χ4v) is 3.28. The van der Waals surface area contributed by atoms with Crippen molar-refractivity contribution in [3.8, 4) is 0 Å². The first-order valence-electron chi connectivity index (χ1n) is 7.80. The maximum Gasteiger partial charge on any atom is 0.338 e. The number of carbonyl (C=O) groups is 1. The Balaban J connectivity index is 1.72. The van der Waals surface area contributed by atoms with Gasteiger partial charge in [-0.05, 0) is 37.6 Å². The highest BCUT2D eigenvalue weighted by Gasteiger charge is 2.11. The molecule has 1 atom stereocenters. The summed E-state index contributed by atoms with van der Waals surface area (Å²) in [6.45, 7) is 3.96. The number of fused-ring (bicyclic) bond motifs is 1. The fourth-order valence-electron chi connectivity index (χ4n) is 2.63. The van der Waals surface area contributed by atoms with Gasteiger partial charge < -0.3 is 4.74 Å². The zero-order valence-corrected chi connectivity index (χ0v) is 15.2. The minimum atomic E-state index is -0.957. The monoisotopic (exact) mass is 357 g/mol. The molecule has 0 amide bonds. The average Bonchev–Trinajstić information content (AvgIpc) is 2.95. The van der Waals surface area contributed by atoms with E-state index in [4.69, 9.17) is 4.74 Å². The van der Waals surface area contributed by atoms with Crippen molar-refractivity contribution in [3.63, 3.8) is 0 Å². The standard InChI is InChI=1S/C18H19N3O3S/c1-12-7-13(2)21-9-16(20-18(21)19-12)10-24-17(22)15-6-4-5-14(8-15)11-25(3)23/h4-9H,10-11H2,1-3H3/t25-/m1/s1. The van der Waals surface area contributed by atoms with Gasteiger partial charge in [-0.15, -0.1) is 0 Å². The molecule has 2 heterocycles. The van der Waals surface area contributed by atoms with Gasteiger partial charge in [-0.3, -0.25) is 8.61 Å². The lowest BCUT2D eigenvalue weighted by Gasteiger charge is -2.05. The van der Waals surface area contributed by atoms with Crippen LogP contribution in [0, 0.1) is 13.8 Å². The maximum atomic E-state index is 12.2. The van der Waals surface area contributed by atoms with E-state index >= 15 is 0 Å². The van der Waals surface area contributed by atoms with Crippen LogP contribution in [0.25, 0.3) is 5.78 Å². The van der Waals surface area contributed by atoms with Crippen LogP contribution in [0.4, 0.5) is 0 Å². The third kappa shape index (κ3) is 4.11. The van der Waals surface area contributed by atoms with Crippen molar-refractivity contribution >= 4 is 22.5 Å². The van der Waals surface area contributed by atoms with Crippen LogP contribution < -0.4 is 0 Å². The van der Waals surface area contributed by atoms with Gasteiger partial charge in [0.2, 0.25) is 5.78 Å². The van der Waals surface area contributed by atoms with Crippen molar-refractivity contribution in [2.45, 2.75) is 26.2 Å². The highest BCUT2D eigenvalue weighted by atomic mass is 32.2. The number of ether oxygens (including phenoxy) is 1. The molecular weight excluding hydrogens is 338 g/mol. The summed E-state index contributed by atoms with van der Waals surface area (Å²) in [5.41, 5.74) is 3.84. The fraction of sp³-hybridized carbons (Fsp3) is 0.278. The van der Waals surface area contributed by atoms with E-state index in [0.717, 1.165) is 17.0 Å². The topological polar surface area (TPSA) is 73.6 Å².